The highest BCUT2D eigenvalue weighted by molar-refractivity contribution is 7.86. The molecular weight excluding hydrogens is 470 g/mol. The topological polar surface area (TPSA) is 97.2 Å². The second-order valence-corrected chi connectivity index (χ2v) is 11.2. The average Bonchev–Trinajstić information content (AvgIpc) is 3.20. The quantitative estimate of drug-likeness (QED) is 0.615. The van der Waals surface area contributed by atoms with E-state index in [0.29, 0.717) is 65.3 Å². The minimum Gasteiger partial charge on any atom is -0.497 e. The fraction of sp³-hybridized carbons (Fsp3) is 0.583. The lowest BCUT2D eigenvalue weighted by Crippen LogP contribution is -2.51. The fourth-order valence-corrected chi connectivity index (χ4v) is 6.69. The van der Waals surface area contributed by atoms with Crippen molar-refractivity contribution in [2.75, 3.05) is 53.0 Å². The summed E-state index contributed by atoms with van der Waals surface area (Å²) in [5.74, 6) is 0.769. The predicted molar refractivity (Wildman–Crippen MR) is 130 cm³/mol. The van der Waals surface area contributed by atoms with Crippen LogP contribution in [0.4, 0.5) is 0 Å². The summed E-state index contributed by atoms with van der Waals surface area (Å²) in [6.07, 6.45) is 1.94. The van der Waals surface area contributed by atoms with Gasteiger partial charge >= 0.3 is 0 Å². The Morgan fingerprint density at radius 1 is 1.00 bits per heavy atom. The Hall–Kier alpha value is -2.47. The fourth-order valence-electron chi connectivity index (χ4n) is 5.09. The summed E-state index contributed by atoms with van der Waals surface area (Å²) in [4.78, 5) is 15.3. The molecule has 2 aromatic rings. The van der Waals surface area contributed by atoms with Crippen molar-refractivity contribution in [2.45, 2.75) is 32.4 Å². The molecule has 1 aromatic heterocycles. The van der Waals surface area contributed by atoms with Crippen LogP contribution in [-0.2, 0) is 32.8 Å². The third-order valence-electron chi connectivity index (χ3n) is 7.14. The van der Waals surface area contributed by atoms with Crippen LogP contribution < -0.4 is 4.74 Å². The molecule has 3 aliphatic rings. The first kappa shape index (κ1) is 24.2. The normalized spacial score (nSPS) is 20.9. The van der Waals surface area contributed by atoms with E-state index in [2.05, 4.69) is 6.07 Å². The van der Waals surface area contributed by atoms with Crippen LogP contribution in [0.5, 0.6) is 5.75 Å². The molecule has 0 saturated carbocycles. The zero-order valence-corrected chi connectivity index (χ0v) is 21.0. The van der Waals surface area contributed by atoms with Crippen molar-refractivity contribution in [3.63, 3.8) is 0 Å². The standard InChI is InChI=1S/C24H33N5O5S/c1-33-22-5-3-19(4-6-22)23-17-21-18-26(9-2-10-29(21)25-23)24(30)20-7-11-27(12-8-20)35(31,32)28-13-15-34-16-14-28/h3-6,17,20H,2,7-16,18H2,1H3. The number of piperidine rings is 1. The van der Waals surface area contributed by atoms with E-state index in [9.17, 15) is 13.2 Å². The van der Waals surface area contributed by atoms with E-state index in [1.165, 1.54) is 8.61 Å². The maximum atomic E-state index is 13.4. The van der Waals surface area contributed by atoms with Crippen molar-refractivity contribution in [1.29, 1.82) is 0 Å². The summed E-state index contributed by atoms with van der Waals surface area (Å²) in [6.45, 7) is 4.38. The second-order valence-electron chi connectivity index (χ2n) is 9.28. The first-order valence-corrected chi connectivity index (χ1v) is 13.7. The smallest absolute Gasteiger partial charge is 0.282 e. The first-order chi connectivity index (χ1) is 17.0. The van der Waals surface area contributed by atoms with E-state index >= 15 is 0 Å². The zero-order valence-electron chi connectivity index (χ0n) is 20.1. The number of ether oxygens (including phenoxy) is 2. The number of benzene rings is 1. The number of morpholine rings is 1. The number of hydrogen-bond donors (Lipinski definition) is 0. The maximum absolute atomic E-state index is 13.4. The minimum atomic E-state index is -3.49. The largest absolute Gasteiger partial charge is 0.497 e. The molecule has 0 N–H and O–H groups in total. The molecule has 0 aliphatic carbocycles. The van der Waals surface area contributed by atoms with Gasteiger partial charge in [-0.25, -0.2) is 0 Å². The maximum Gasteiger partial charge on any atom is 0.282 e. The Morgan fingerprint density at radius 2 is 1.69 bits per heavy atom. The number of methoxy groups -OCH3 is 1. The third-order valence-corrected chi connectivity index (χ3v) is 9.17. The van der Waals surface area contributed by atoms with Crippen LogP contribution >= 0.6 is 0 Å². The minimum absolute atomic E-state index is 0.120. The van der Waals surface area contributed by atoms with E-state index < -0.39 is 10.2 Å². The van der Waals surface area contributed by atoms with Gasteiger partial charge in [0.2, 0.25) is 5.91 Å². The van der Waals surface area contributed by atoms with E-state index in [1.807, 2.05) is 33.8 Å². The van der Waals surface area contributed by atoms with E-state index in [-0.39, 0.29) is 11.8 Å². The number of aromatic nitrogens is 2. The van der Waals surface area contributed by atoms with Gasteiger partial charge in [-0.2, -0.15) is 22.1 Å². The van der Waals surface area contributed by atoms with Crippen LogP contribution in [0.3, 0.4) is 0 Å². The number of carbonyl (C=O) groups is 1. The molecule has 190 valence electrons. The summed E-state index contributed by atoms with van der Waals surface area (Å²) in [7, 11) is -1.85. The number of rotatable bonds is 5. The van der Waals surface area contributed by atoms with Gasteiger partial charge in [0, 0.05) is 50.7 Å². The van der Waals surface area contributed by atoms with Gasteiger partial charge in [-0.3, -0.25) is 9.48 Å². The van der Waals surface area contributed by atoms with Gasteiger partial charge in [0.25, 0.3) is 10.2 Å². The molecule has 11 heteroatoms. The molecule has 1 amide bonds. The Bertz CT molecular complexity index is 1140. The van der Waals surface area contributed by atoms with Crippen LogP contribution in [-0.4, -0.2) is 90.7 Å². The molecule has 5 rings (SSSR count). The van der Waals surface area contributed by atoms with Gasteiger partial charge in [-0.05, 0) is 49.6 Å². The summed E-state index contributed by atoms with van der Waals surface area (Å²) >= 11 is 0. The molecule has 3 aliphatic heterocycles. The summed E-state index contributed by atoms with van der Waals surface area (Å²) in [5, 5.41) is 4.78. The molecule has 10 nitrogen and oxygen atoms in total. The van der Waals surface area contributed by atoms with Gasteiger partial charge in [-0.1, -0.05) is 0 Å². The highest BCUT2D eigenvalue weighted by Crippen LogP contribution is 2.27. The average molecular weight is 504 g/mol. The number of carbonyl (C=O) groups excluding carboxylic acids is 1. The highest BCUT2D eigenvalue weighted by Gasteiger charge is 2.37. The summed E-state index contributed by atoms with van der Waals surface area (Å²) < 4.78 is 41.4. The van der Waals surface area contributed by atoms with E-state index in [1.54, 1.807) is 7.11 Å². The van der Waals surface area contributed by atoms with Crippen molar-refractivity contribution in [3.05, 3.63) is 36.0 Å². The van der Waals surface area contributed by atoms with Crippen molar-refractivity contribution >= 4 is 16.1 Å². The highest BCUT2D eigenvalue weighted by atomic mass is 32.2. The van der Waals surface area contributed by atoms with E-state index in [0.717, 1.165) is 35.7 Å². The lowest BCUT2D eigenvalue weighted by Gasteiger charge is -2.36. The van der Waals surface area contributed by atoms with Crippen molar-refractivity contribution < 1.29 is 22.7 Å². The van der Waals surface area contributed by atoms with Gasteiger partial charge in [0.05, 0.1) is 38.3 Å². The van der Waals surface area contributed by atoms with Crippen LogP contribution in [0.1, 0.15) is 25.0 Å². The molecule has 0 atom stereocenters. The lowest BCUT2D eigenvalue weighted by atomic mass is 9.96. The molecule has 0 radical (unpaired) electrons. The van der Waals surface area contributed by atoms with Gasteiger partial charge < -0.3 is 14.4 Å². The van der Waals surface area contributed by atoms with Gasteiger partial charge in [0.1, 0.15) is 5.75 Å². The van der Waals surface area contributed by atoms with Crippen molar-refractivity contribution in [3.8, 4) is 17.0 Å². The molecule has 0 spiro atoms. The second kappa shape index (κ2) is 10.3. The number of fused-ring (bicyclic) bond motifs is 1. The summed E-state index contributed by atoms with van der Waals surface area (Å²) in [6, 6.07) is 9.87. The molecular formula is C24H33N5O5S. The molecule has 0 unspecified atom stereocenters. The van der Waals surface area contributed by atoms with Crippen LogP contribution in [0, 0.1) is 5.92 Å². The number of aryl methyl sites for hydroxylation is 1. The lowest BCUT2D eigenvalue weighted by molar-refractivity contribution is -0.137. The van der Waals surface area contributed by atoms with Crippen LogP contribution in [0.15, 0.2) is 30.3 Å². The molecule has 35 heavy (non-hydrogen) atoms. The molecule has 4 heterocycles. The van der Waals surface area contributed by atoms with Crippen molar-refractivity contribution in [1.82, 2.24) is 23.3 Å². The Balaban J connectivity index is 1.22. The SMILES string of the molecule is COc1ccc(-c2cc3n(n2)CCCN(C(=O)C2CCN(S(=O)(=O)N4CCOCC4)CC2)C3)cc1. The number of amides is 1. The molecule has 1 aromatic carbocycles. The Labute approximate surface area is 206 Å². The molecule has 0 bridgehead atoms. The summed E-state index contributed by atoms with van der Waals surface area (Å²) in [5.41, 5.74) is 2.92. The predicted octanol–water partition coefficient (Wildman–Crippen LogP) is 1.58. The molecule has 2 fully saturated rings. The van der Waals surface area contributed by atoms with E-state index in [4.69, 9.17) is 14.6 Å². The third kappa shape index (κ3) is 5.09. The van der Waals surface area contributed by atoms with Crippen LogP contribution in [0.2, 0.25) is 0 Å². The van der Waals surface area contributed by atoms with Gasteiger partial charge in [0.15, 0.2) is 0 Å². The Morgan fingerprint density at radius 3 is 2.37 bits per heavy atom. The van der Waals surface area contributed by atoms with Gasteiger partial charge in [-0.15, -0.1) is 0 Å². The number of nitrogens with zero attached hydrogens (tertiary/aromatic N) is 5. The Kier molecular flexibility index (Phi) is 7.10. The monoisotopic (exact) mass is 503 g/mol. The van der Waals surface area contributed by atoms with Crippen molar-refractivity contribution in [2.24, 2.45) is 5.92 Å². The van der Waals surface area contributed by atoms with Crippen LogP contribution in [0.25, 0.3) is 11.3 Å². The zero-order chi connectivity index (χ0) is 24.4. The number of hydrogen-bond acceptors (Lipinski definition) is 6. The first-order valence-electron chi connectivity index (χ1n) is 12.3. The molecule has 2 saturated heterocycles.